The highest BCUT2D eigenvalue weighted by atomic mass is 28.4. The minimum Gasteiger partial charge on any atom is -0.467 e. The van der Waals surface area contributed by atoms with Gasteiger partial charge in [0.2, 0.25) is 0 Å². The van der Waals surface area contributed by atoms with Crippen molar-refractivity contribution < 1.29 is 14.0 Å². The number of rotatable bonds is 6. The summed E-state index contributed by atoms with van der Waals surface area (Å²) < 4.78 is 11.7. The third-order valence-corrected chi connectivity index (χ3v) is 9.61. The molecule has 25 heavy (non-hydrogen) atoms. The van der Waals surface area contributed by atoms with E-state index in [2.05, 4.69) is 45.0 Å². The van der Waals surface area contributed by atoms with Crippen LogP contribution in [0.3, 0.4) is 0 Å². The number of methoxy groups -OCH3 is 1. The predicted octanol–water partition coefficient (Wildman–Crippen LogP) is 3.51. The first-order valence-corrected chi connectivity index (χ1v) is 10.6. The van der Waals surface area contributed by atoms with E-state index in [1.807, 2.05) is 43.3 Å². The molecule has 2 rings (SSSR count). The van der Waals surface area contributed by atoms with Crippen LogP contribution in [0.1, 0.15) is 34.1 Å². The number of ether oxygens (including phenoxy) is 1. The van der Waals surface area contributed by atoms with Gasteiger partial charge in [-0.05, 0) is 21.8 Å². The van der Waals surface area contributed by atoms with Crippen LogP contribution in [0.4, 0.5) is 0 Å². The lowest BCUT2D eigenvalue weighted by molar-refractivity contribution is -0.149. The molecule has 0 N–H and O–H groups in total. The summed E-state index contributed by atoms with van der Waals surface area (Å²) in [6, 6.07) is 20.6. The predicted molar refractivity (Wildman–Crippen MR) is 105 cm³/mol. The SMILES string of the molecule is CCC(O[Si](c1ccccc1)(c1ccccc1)C(C)(C)C)C(=O)OC. The molecular formula is C21H28O3Si. The number of carbonyl (C=O) groups is 1. The highest BCUT2D eigenvalue weighted by Crippen LogP contribution is 2.37. The van der Waals surface area contributed by atoms with Crippen LogP contribution in [0.5, 0.6) is 0 Å². The molecule has 0 aliphatic rings. The van der Waals surface area contributed by atoms with Crippen molar-refractivity contribution in [1.29, 1.82) is 0 Å². The van der Waals surface area contributed by atoms with E-state index >= 15 is 0 Å². The van der Waals surface area contributed by atoms with Crippen molar-refractivity contribution in [3.63, 3.8) is 0 Å². The van der Waals surface area contributed by atoms with Gasteiger partial charge in [-0.15, -0.1) is 0 Å². The van der Waals surface area contributed by atoms with Gasteiger partial charge in [0.1, 0.15) is 6.10 Å². The molecule has 0 radical (unpaired) electrons. The van der Waals surface area contributed by atoms with Crippen LogP contribution in [-0.4, -0.2) is 27.5 Å². The zero-order chi connectivity index (χ0) is 18.5. The number of hydrogen-bond donors (Lipinski definition) is 0. The van der Waals surface area contributed by atoms with Crippen LogP contribution in [0.2, 0.25) is 5.04 Å². The minimum atomic E-state index is -2.71. The molecule has 0 saturated heterocycles. The summed E-state index contributed by atoms with van der Waals surface area (Å²) >= 11 is 0. The van der Waals surface area contributed by atoms with Gasteiger partial charge < -0.3 is 9.16 Å². The van der Waals surface area contributed by atoms with Gasteiger partial charge in [-0.3, -0.25) is 0 Å². The van der Waals surface area contributed by atoms with Gasteiger partial charge in [0.05, 0.1) is 7.11 Å². The average Bonchev–Trinajstić information content (AvgIpc) is 2.62. The molecule has 3 nitrogen and oxygen atoms in total. The Hall–Kier alpha value is -1.91. The second-order valence-electron chi connectivity index (χ2n) is 7.20. The molecule has 0 aliphatic heterocycles. The van der Waals surface area contributed by atoms with E-state index in [4.69, 9.17) is 9.16 Å². The fourth-order valence-electron chi connectivity index (χ4n) is 3.33. The van der Waals surface area contributed by atoms with Crippen LogP contribution in [0.15, 0.2) is 60.7 Å². The molecule has 1 atom stereocenters. The molecule has 4 heteroatoms. The maximum Gasteiger partial charge on any atom is 0.333 e. The van der Waals surface area contributed by atoms with Crippen LogP contribution < -0.4 is 10.4 Å². The fourth-order valence-corrected chi connectivity index (χ4v) is 8.04. The standard InChI is InChI=1S/C21H28O3Si/c1-6-19(20(22)23-5)24-25(21(2,3)4,17-13-9-7-10-14-17)18-15-11-8-12-16-18/h7-16,19H,6H2,1-5H3. The zero-order valence-corrected chi connectivity index (χ0v) is 16.8. The topological polar surface area (TPSA) is 35.5 Å². The molecule has 0 aromatic heterocycles. The van der Waals surface area contributed by atoms with E-state index in [1.54, 1.807) is 0 Å². The highest BCUT2D eigenvalue weighted by molar-refractivity contribution is 6.99. The Kier molecular flexibility index (Phi) is 6.19. The third kappa shape index (κ3) is 3.85. The quantitative estimate of drug-likeness (QED) is 0.587. The van der Waals surface area contributed by atoms with Crippen molar-refractivity contribution in [3.8, 4) is 0 Å². The second-order valence-corrected chi connectivity index (χ2v) is 11.5. The van der Waals surface area contributed by atoms with Crippen molar-refractivity contribution in [1.82, 2.24) is 0 Å². The largest absolute Gasteiger partial charge is 0.467 e. The Morgan fingerprint density at radius 3 is 1.72 bits per heavy atom. The van der Waals surface area contributed by atoms with Crippen molar-refractivity contribution in [2.45, 2.75) is 45.3 Å². The van der Waals surface area contributed by atoms with Gasteiger partial charge in [0, 0.05) is 0 Å². The lowest BCUT2D eigenvalue weighted by Crippen LogP contribution is -2.68. The second kappa shape index (κ2) is 7.98. The summed E-state index contributed by atoms with van der Waals surface area (Å²) in [7, 11) is -1.30. The molecule has 0 bridgehead atoms. The summed E-state index contributed by atoms with van der Waals surface area (Å²) in [5, 5.41) is 2.17. The van der Waals surface area contributed by atoms with E-state index < -0.39 is 14.4 Å². The van der Waals surface area contributed by atoms with Gasteiger partial charge in [0.15, 0.2) is 0 Å². The zero-order valence-electron chi connectivity index (χ0n) is 15.8. The Labute approximate surface area is 152 Å². The molecule has 0 saturated carbocycles. The molecule has 0 spiro atoms. The van der Waals surface area contributed by atoms with Crippen molar-refractivity contribution in [2.75, 3.05) is 7.11 Å². The summed E-state index contributed by atoms with van der Waals surface area (Å²) in [6.45, 7) is 8.55. The van der Waals surface area contributed by atoms with Crippen molar-refractivity contribution >= 4 is 24.7 Å². The molecule has 134 valence electrons. The van der Waals surface area contributed by atoms with Gasteiger partial charge in [0.25, 0.3) is 8.32 Å². The first kappa shape index (κ1) is 19.4. The van der Waals surface area contributed by atoms with Crippen molar-refractivity contribution in [2.24, 2.45) is 0 Å². The molecule has 2 aromatic rings. The number of hydrogen-bond acceptors (Lipinski definition) is 3. The van der Waals surface area contributed by atoms with E-state index in [0.29, 0.717) is 6.42 Å². The molecule has 0 amide bonds. The Bertz CT molecular complexity index is 638. The maximum atomic E-state index is 12.3. The molecule has 0 heterocycles. The average molecular weight is 357 g/mol. The van der Waals surface area contributed by atoms with Crippen LogP contribution in [0.25, 0.3) is 0 Å². The third-order valence-electron chi connectivity index (χ3n) is 4.57. The minimum absolute atomic E-state index is 0.156. The Balaban J connectivity index is 2.70. The highest BCUT2D eigenvalue weighted by Gasteiger charge is 2.52. The molecule has 1 unspecified atom stereocenters. The summed E-state index contributed by atoms with van der Waals surface area (Å²) in [5.41, 5.74) is 0. The summed E-state index contributed by atoms with van der Waals surface area (Å²) in [6.07, 6.45) is 0.00766. The van der Waals surface area contributed by atoms with E-state index in [0.717, 1.165) is 10.4 Å². The van der Waals surface area contributed by atoms with Crippen LogP contribution in [0, 0.1) is 0 Å². The Morgan fingerprint density at radius 1 is 0.960 bits per heavy atom. The molecule has 0 fully saturated rings. The van der Waals surface area contributed by atoms with E-state index in [1.165, 1.54) is 7.11 Å². The number of benzene rings is 2. The van der Waals surface area contributed by atoms with Crippen LogP contribution >= 0.6 is 0 Å². The van der Waals surface area contributed by atoms with Gasteiger partial charge in [-0.25, -0.2) is 4.79 Å². The van der Waals surface area contributed by atoms with E-state index in [-0.39, 0.29) is 11.0 Å². The molecule has 0 aliphatic carbocycles. The number of esters is 1. The fraction of sp³-hybridized carbons (Fsp3) is 0.381. The lowest BCUT2D eigenvalue weighted by atomic mass is 10.2. The first-order chi connectivity index (χ1) is 11.9. The van der Waals surface area contributed by atoms with Gasteiger partial charge in [-0.1, -0.05) is 88.4 Å². The van der Waals surface area contributed by atoms with Crippen molar-refractivity contribution in [3.05, 3.63) is 60.7 Å². The summed E-state index contributed by atoms with van der Waals surface area (Å²) in [5.74, 6) is -0.310. The lowest BCUT2D eigenvalue weighted by Gasteiger charge is -2.44. The van der Waals surface area contributed by atoms with Gasteiger partial charge >= 0.3 is 5.97 Å². The number of carbonyl (C=O) groups excluding carboxylic acids is 1. The Morgan fingerprint density at radius 2 is 1.40 bits per heavy atom. The van der Waals surface area contributed by atoms with E-state index in [9.17, 15) is 4.79 Å². The normalized spacial score (nSPS) is 13.3. The maximum absolute atomic E-state index is 12.3. The van der Waals surface area contributed by atoms with Gasteiger partial charge in [-0.2, -0.15) is 0 Å². The first-order valence-electron chi connectivity index (χ1n) is 8.73. The molecular weight excluding hydrogens is 328 g/mol. The monoisotopic (exact) mass is 356 g/mol. The molecule has 2 aromatic carbocycles. The summed E-state index contributed by atoms with van der Waals surface area (Å²) in [4.78, 5) is 12.3. The van der Waals surface area contributed by atoms with Crippen LogP contribution in [-0.2, 0) is 14.0 Å². The smallest absolute Gasteiger partial charge is 0.333 e.